The molecule has 0 atom stereocenters. The number of hydrogen-bond donors (Lipinski definition) is 2. The van der Waals surface area contributed by atoms with Gasteiger partial charge in [0, 0.05) is 19.2 Å². The van der Waals surface area contributed by atoms with E-state index in [0.717, 1.165) is 12.8 Å². The average molecular weight is 332 g/mol. The third kappa shape index (κ3) is 4.68. The van der Waals surface area contributed by atoms with Gasteiger partial charge in [-0.15, -0.1) is 0 Å². The second-order valence-corrected chi connectivity index (χ2v) is 5.52. The van der Waals surface area contributed by atoms with Crippen molar-refractivity contribution in [2.45, 2.75) is 19.3 Å². The Bertz CT molecular complexity index is 723. The maximum atomic E-state index is 13.0. The summed E-state index contributed by atoms with van der Waals surface area (Å²) in [6, 6.07) is 1.63. The van der Waals surface area contributed by atoms with Gasteiger partial charge >= 0.3 is 6.08 Å². The van der Waals surface area contributed by atoms with Gasteiger partial charge in [-0.3, -0.25) is 4.99 Å². The second-order valence-electron chi connectivity index (χ2n) is 5.52. The van der Waals surface area contributed by atoms with Gasteiger partial charge in [0.2, 0.25) is 0 Å². The predicted molar refractivity (Wildman–Crippen MR) is 89.3 cm³/mol. The van der Waals surface area contributed by atoms with E-state index in [9.17, 15) is 8.78 Å². The number of allylic oxidation sites excluding steroid dienone is 2. The van der Waals surface area contributed by atoms with Gasteiger partial charge in [-0.25, -0.2) is 9.98 Å². The molecule has 1 aromatic heterocycles. The van der Waals surface area contributed by atoms with Crippen molar-refractivity contribution in [2.75, 3.05) is 25.0 Å². The third-order valence-corrected chi connectivity index (χ3v) is 3.76. The molecule has 0 fully saturated rings. The van der Waals surface area contributed by atoms with Gasteiger partial charge < -0.3 is 10.6 Å². The first-order valence-corrected chi connectivity index (χ1v) is 7.79. The Morgan fingerprint density at radius 3 is 2.75 bits per heavy atom. The molecule has 3 rings (SSSR count). The Morgan fingerprint density at radius 2 is 2.00 bits per heavy atom. The molecule has 0 spiro atoms. The van der Waals surface area contributed by atoms with E-state index in [1.54, 1.807) is 6.07 Å². The molecule has 1 aliphatic carbocycles. The van der Waals surface area contributed by atoms with E-state index >= 15 is 0 Å². The summed E-state index contributed by atoms with van der Waals surface area (Å²) in [7, 11) is 0. The van der Waals surface area contributed by atoms with Gasteiger partial charge in [0.1, 0.15) is 11.7 Å². The number of amidine groups is 2. The number of nitrogens with one attached hydrogen (secondary N) is 2. The minimum Gasteiger partial charge on any atom is -0.366 e. The topological polar surface area (TPSA) is 74.6 Å². The fourth-order valence-electron chi connectivity index (χ4n) is 2.44. The molecular weight excluding hydrogens is 314 g/mol. The largest absolute Gasteiger partial charge is 0.366 e. The summed E-state index contributed by atoms with van der Waals surface area (Å²) in [6.07, 6.45) is 6.60. The smallest absolute Gasteiger partial charge is 0.310 e. The minimum absolute atomic E-state index is 0.441. The molecule has 2 heterocycles. The average Bonchev–Trinajstić information content (AvgIpc) is 2.59. The summed E-state index contributed by atoms with van der Waals surface area (Å²) < 4.78 is 25.9. The first-order valence-electron chi connectivity index (χ1n) is 7.79. The first-order chi connectivity index (χ1) is 11.7. The molecule has 6 nitrogen and oxygen atoms in total. The summed E-state index contributed by atoms with van der Waals surface area (Å²) in [5, 5.41) is 5.62. The lowest BCUT2D eigenvalue weighted by Gasteiger charge is -2.16. The number of aliphatic imine (C=N–C) groups is 2. The monoisotopic (exact) mass is 332 g/mol. The molecular formula is C16H18F2N6. The Balaban J connectivity index is 1.51. The molecule has 0 bridgehead atoms. The molecule has 0 unspecified atom stereocenters. The van der Waals surface area contributed by atoms with Crippen molar-refractivity contribution >= 4 is 17.7 Å². The molecule has 0 radical (unpaired) electrons. The molecule has 1 aromatic rings. The SMILES string of the molecule is FC1=NCCC(=NCC2=CC=C(CNc3ccnc(F)n3)CC2)N1. The molecule has 2 aliphatic rings. The molecule has 126 valence electrons. The number of aromatic nitrogens is 2. The highest BCUT2D eigenvalue weighted by Crippen LogP contribution is 2.19. The second kappa shape index (κ2) is 7.76. The first kappa shape index (κ1) is 16.2. The van der Waals surface area contributed by atoms with Crippen LogP contribution in [0, 0.1) is 6.08 Å². The fraction of sp³-hybridized carbons (Fsp3) is 0.375. The van der Waals surface area contributed by atoms with E-state index < -0.39 is 12.2 Å². The van der Waals surface area contributed by atoms with Crippen LogP contribution >= 0.6 is 0 Å². The lowest BCUT2D eigenvalue weighted by atomic mass is 9.98. The number of halogens is 2. The van der Waals surface area contributed by atoms with Gasteiger partial charge in [0.05, 0.1) is 13.1 Å². The van der Waals surface area contributed by atoms with Crippen LogP contribution in [0.2, 0.25) is 0 Å². The van der Waals surface area contributed by atoms with Crippen LogP contribution in [0.15, 0.2) is 45.5 Å². The van der Waals surface area contributed by atoms with Crippen molar-refractivity contribution in [1.82, 2.24) is 15.3 Å². The highest BCUT2D eigenvalue weighted by atomic mass is 19.1. The van der Waals surface area contributed by atoms with Crippen LogP contribution in [0.25, 0.3) is 0 Å². The highest BCUT2D eigenvalue weighted by Gasteiger charge is 2.10. The summed E-state index contributed by atoms with van der Waals surface area (Å²) in [5.74, 6) is 1.11. The van der Waals surface area contributed by atoms with E-state index in [-0.39, 0.29) is 0 Å². The van der Waals surface area contributed by atoms with Gasteiger partial charge in [-0.05, 0) is 24.5 Å². The van der Waals surface area contributed by atoms with E-state index in [2.05, 4.69) is 30.6 Å². The van der Waals surface area contributed by atoms with Crippen molar-refractivity contribution in [3.8, 4) is 0 Å². The lowest BCUT2D eigenvalue weighted by molar-refractivity contribution is 0.540. The molecule has 24 heavy (non-hydrogen) atoms. The Hall–Kier alpha value is -2.64. The summed E-state index contributed by atoms with van der Waals surface area (Å²) in [5.41, 5.74) is 2.41. The Kier molecular flexibility index (Phi) is 5.25. The standard InChI is InChI=1S/C16H18F2N6/c17-15-19-7-5-13(23-15)21-9-11-1-2-12(4-3-11)10-22-14-6-8-20-16(18)24-14/h1-2,5,7H,3-4,6,8-10H2,(H,19,21,23)(H,20,22,24). The fourth-order valence-corrected chi connectivity index (χ4v) is 2.44. The number of hydrogen-bond acceptors (Lipinski definition) is 5. The van der Waals surface area contributed by atoms with Crippen molar-refractivity contribution in [2.24, 2.45) is 9.98 Å². The van der Waals surface area contributed by atoms with Gasteiger partial charge in [0.15, 0.2) is 0 Å². The van der Waals surface area contributed by atoms with Gasteiger partial charge in [-0.2, -0.15) is 13.8 Å². The number of nitrogens with zero attached hydrogens (tertiary/aromatic N) is 4. The van der Waals surface area contributed by atoms with Crippen molar-refractivity contribution in [1.29, 1.82) is 0 Å². The van der Waals surface area contributed by atoms with Crippen LogP contribution in [0.3, 0.4) is 0 Å². The zero-order chi connectivity index (χ0) is 16.8. The Labute approximate surface area is 138 Å². The van der Waals surface area contributed by atoms with Crippen LogP contribution in [-0.2, 0) is 0 Å². The zero-order valence-electron chi connectivity index (χ0n) is 13.1. The quantitative estimate of drug-likeness (QED) is 0.641. The van der Waals surface area contributed by atoms with Gasteiger partial charge in [0.25, 0.3) is 6.09 Å². The molecule has 2 N–H and O–H groups in total. The predicted octanol–water partition coefficient (Wildman–Crippen LogP) is 2.39. The summed E-state index contributed by atoms with van der Waals surface area (Å²) in [4.78, 5) is 15.1. The number of rotatable bonds is 5. The maximum Gasteiger partial charge on any atom is 0.310 e. The maximum absolute atomic E-state index is 13.0. The highest BCUT2D eigenvalue weighted by molar-refractivity contribution is 5.98. The van der Waals surface area contributed by atoms with Crippen LogP contribution in [-0.4, -0.2) is 41.5 Å². The summed E-state index contributed by atoms with van der Waals surface area (Å²) >= 11 is 0. The molecule has 1 aliphatic heterocycles. The van der Waals surface area contributed by atoms with E-state index in [1.165, 1.54) is 17.3 Å². The van der Waals surface area contributed by atoms with Crippen molar-refractivity contribution < 1.29 is 8.78 Å². The van der Waals surface area contributed by atoms with Crippen LogP contribution in [0.4, 0.5) is 14.6 Å². The molecule has 0 aromatic carbocycles. The molecule has 0 saturated carbocycles. The molecule has 8 heteroatoms. The zero-order valence-corrected chi connectivity index (χ0v) is 13.1. The van der Waals surface area contributed by atoms with Gasteiger partial charge in [-0.1, -0.05) is 17.7 Å². The summed E-state index contributed by atoms with van der Waals surface area (Å²) in [6.45, 7) is 1.61. The lowest BCUT2D eigenvalue weighted by Crippen LogP contribution is -2.32. The van der Waals surface area contributed by atoms with E-state index in [4.69, 9.17) is 0 Å². The Morgan fingerprint density at radius 1 is 1.17 bits per heavy atom. The van der Waals surface area contributed by atoms with E-state index in [1.807, 2.05) is 12.2 Å². The van der Waals surface area contributed by atoms with Crippen molar-refractivity contribution in [3.05, 3.63) is 41.6 Å². The van der Waals surface area contributed by atoms with Crippen molar-refractivity contribution in [3.63, 3.8) is 0 Å². The van der Waals surface area contributed by atoms with E-state index in [0.29, 0.717) is 37.7 Å². The normalized spacial score (nSPS) is 19.2. The van der Waals surface area contributed by atoms with Crippen LogP contribution in [0.1, 0.15) is 19.3 Å². The van der Waals surface area contributed by atoms with Crippen LogP contribution in [0.5, 0.6) is 0 Å². The number of anilines is 1. The third-order valence-electron chi connectivity index (χ3n) is 3.76. The van der Waals surface area contributed by atoms with Crippen LogP contribution < -0.4 is 10.6 Å². The molecule has 0 saturated heterocycles. The molecule has 0 amide bonds. The minimum atomic E-state index is -0.739.